The van der Waals surface area contributed by atoms with E-state index in [4.69, 9.17) is 0 Å². The summed E-state index contributed by atoms with van der Waals surface area (Å²) >= 11 is 0. The molecule has 1 aromatic heterocycles. The lowest BCUT2D eigenvalue weighted by Crippen LogP contribution is -2.34. The molecule has 0 radical (unpaired) electrons. The quantitative estimate of drug-likeness (QED) is 0.918. The molecule has 0 saturated carbocycles. The van der Waals surface area contributed by atoms with Gasteiger partial charge in [-0.2, -0.15) is 5.10 Å². The Hall–Kier alpha value is -2.10. The SMILES string of the molecule is CC(C)(C)C(=O)NCc1ccccc1-n1cccn1. The number of rotatable bonds is 3. The third kappa shape index (κ3) is 3.22. The molecule has 0 saturated heterocycles. The summed E-state index contributed by atoms with van der Waals surface area (Å²) in [5, 5.41) is 7.19. The number of carbonyl (C=O) groups excluding carboxylic acids is 1. The normalized spacial score (nSPS) is 11.3. The van der Waals surface area contributed by atoms with E-state index in [0.29, 0.717) is 6.54 Å². The predicted molar refractivity (Wildman–Crippen MR) is 74.9 cm³/mol. The maximum atomic E-state index is 11.9. The lowest BCUT2D eigenvalue weighted by molar-refractivity contribution is -0.128. The van der Waals surface area contributed by atoms with Crippen LogP contribution in [0.1, 0.15) is 26.3 Å². The number of nitrogens with one attached hydrogen (secondary N) is 1. The van der Waals surface area contributed by atoms with Gasteiger partial charge >= 0.3 is 0 Å². The van der Waals surface area contributed by atoms with Crippen molar-refractivity contribution in [1.82, 2.24) is 15.1 Å². The molecule has 4 heteroatoms. The van der Waals surface area contributed by atoms with E-state index in [1.165, 1.54) is 0 Å². The Kier molecular flexibility index (Phi) is 3.69. The standard InChI is InChI=1S/C15H19N3O/c1-15(2,3)14(19)16-11-12-7-4-5-8-13(12)18-10-6-9-17-18/h4-10H,11H2,1-3H3,(H,16,19). The van der Waals surface area contributed by atoms with Gasteiger partial charge in [-0.1, -0.05) is 39.0 Å². The third-order valence-corrected chi connectivity index (χ3v) is 2.86. The highest BCUT2D eigenvalue weighted by Crippen LogP contribution is 2.16. The largest absolute Gasteiger partial charge is 0.351 e. The number of benzene rings is 1. The molecule has 0 aliphatic carbocycles. The molecule has 19 heavy (non-hydrogen) atoms. The van der Waals surface area contributed by atoms with Gasteiger partial charge in [0, 0.05) is 24.4 Å². The van der Waals surface area contributed by atoms with Crippen molar-refractivity contribution in [3.63, 3.8) is 0 Å². The zero-order valence-corrected chi connectivity index (χ0v) is 11.6. The average molecular weight is 257 g/mol. The molecule has 0 aliphatic heterocycles. The summed E-state index contributed by atoms with van der Waals surface area (Å²) in [5.41, 5.74) is 1.66. The van der Waals surface area contributed by atoms with E-state index in [0.717, 1.165) is 11.3 Å². The number of hydrogen-bond donors (Lipinski definition) is 1. The van der Waals surface area contributed by atoms with E-state index in [-0.39, 0.29) is 11.3 Å². The van der Waals surface area contributed by atoms with Crippen molar-refractivity contribution in [2.45, 2.75) is 27.3 Å². The zero-order chi connectivity index (χ0) is 13.9. The van der Waals surface area contributed by atoms with Gasteiger partial charge in [0.15, 0.2) is 0 Å². The van der Waals surface area contributed by atoms with E-state index in [1.54, 1.807) is 10.9 Å². The van der Waals surface area contributed by atoms with E-state index < -0.39 is 0 Å². The molecule has 1 heterocycles. The van der Waals surface area contributed by atoms with Crippen LogP contribution in [0.2, 0.25) is 0 Å². The first-order valence-electron chi connectivity index (χ1n) is 6.35. The number of nitrogens with zero attached hydrogens (tertiary/aromatic N) is 2. The summed E-state index contributed by atoms with van der Waals surface area (Å²) in [5.74, 6) is 0.0442. The summed E-state index contributed by atoms with van der Waals surface area (Å²) in [6, 6.07) is 9.80. The number of amides is 1. The smallest absolute Gasteiger partial charge is 0.225 e. The van der Waals surface area contributed by atoms with Crippen molar-refractivity contribution in [3.8, 4) is 5.69 Å². The van der Waals surface area contributed by atoms with Crippen LogP contribution in [0.5, 0.6) is 0 Å². The maximum absolute atomic E-state index is 11.9. The summed E-state index contributed by atoms with van der Waals surface area (Å²) in [6.45, 7) is 6.22. The number of carbonyl (C=O) groups is 1. The molecule has 2 rings (SSSR count). The van der Waals surface area contributed by atoms with Crippen molar-refractivity contribution < 1.29 is 4.79 Å². The molecule has 1 amide bonds. The minimum atomic E-state index is -0.374. The Morgan fingerprint density at radius 1 is 1.26 bits per heavy atom. The van der Waals surface area contributed by atoms with Crippen LogP contribution in [0.3, 0.4) is 0 Å². The molecule has 1 aromatic carbocycles. The Morgan fingerprint density at radius 2 is 2.00 bits per heavy atom. The summed E-state index contributed by atoms with van der Waals surface area (Å²) < 4.78 is 1.80. The third-order valence-electron chi connectivity index (χ3n) is 2.86. The van der Waals surface area contributed by atoms with Crippen molar-refractivity contribution in [1.29, 1.82) is 0 Å². The highest BCUT2D eigenvalue weighted by molar-refractivity contribution is 5.81. The predicted octanol–water partition coefficient (Wildman–Crippen LogP) is 2.53. The average Bonchev–Trinajstić information content (AvgIpc) is 2.88. The van der Waals surface area contributed by atoms with Crippen molar-refractivity contribution in [3.05, 3.63) is 48.3 Å². The van der Waals surface area contributed by atoms with Crippen molar-refractivity contribution in [2.75, 3.05) is 0 Å². The Balaban J connectivity index is 2.16. The summed E-state index contributed by atoms with van der Waals surface area (Å²) in [4.78, 5) is 11.9. The lowest BCUT2D eigenvalue weighted by atomic mass is 9.95. The molecule has 0 fully saturated rings. The fraction of sp³-hybridized carbons (Fsp3) is 0.333. The van der Waals surface area contributed by atoms with Crippen LogP contribution in [0.4, 0.5) is 0 Å². The second kappa shape index (κ2) is 5.26. The highest BCUT2D eigenvalue weighted by Gasteiger charge is 2.20. The molecule has 0 aliphatic rings. The molecule has 0 unspecified atom stereocenters. The van der Waals surface area contributed by atoms with Gasteiger partial charge in [-0.25, -0.2) is 4.68 Å². The van der Waals surface area contributed by atoms with Gasteiger partial charge in [-0.3, -0.25) is 4.79 Å². The Labute approximate surface area is 113 Å². The molecule has 100 valence electrons. The molecular formula is C15H19N3O. The van der Waals surface area contributed by atoms with E-state index in [2.05, 4.69) is 10.4 Å². The number of aromatic nitrogens is 2. The molecule has 0 atom stereocenters. The first kappa shape index (κ1) is 13.3. The fourth-order valence-corrected chi connectivity index (χ4v) is 1.74. The second-order valence-electron chi connectivity index (χ2n) is 5.51. The van der Waals surface area contributed by atoms with Crippen LogP contribution < -0.4 is 5.32 Å². The zero-order valence-electron chi connectivity index (χ0n) is 11.6. The van der Waals surface area contributed by atoms with E-state index in [1.807, 2.05) is 57.3 Å². The Bertz CT molecular complexity index is 553. The van der Waals surface area contributed by atoms with E-state index >= 15 is 0 Å². The highest BCUT2D eigenvalue weighted by atomic mass is 16.2. The number of hydrogen-bond acceptors (Lipinski definition) is 2. The van der Waals surface area contributed by atoms with Gasteiger partial charge in [0.1, 0.15) is 0 Å². The molecule has 0 spiro atoms. The summed E-state index contributed by atoms with van der Waals surface area (Å²) in [6.07, 6.45) is 3.63. The fourth-order valence-electron chi connectivity index (χ4n) is 1.74. The van der Waals surface area contributed by atoms with Crippen molar-refractivity contribution in [2.24, 2.45) is 5.41 Å². The van der Waals surface area contributed by atoms with Gasteiger partial charge in [-0.15, -0.1) is 0 Å². The summed E-state index contributed by atoms with van der Waals surface area (Å²) in [7, 11) is 0. The minimum Gasteiger partial charge on any atom is -0.351 e. The molecular weight excluding hydrogens is 238 g/mol. The van der Waals surface area contributed by atoms with E-state index in [9.17, 15) is 4.79 Å². The van der Waals surface area contributed by atoms with Gasteiger partial charge in [0.05, 0.1) is 5.69 Å². The van der Waals surface area contributed by atoms with Gasteiger partial charge in [0.2, 0.25) is 5.91 Å². The van der Waals surface area contributed by atoms with Crippen LogP contribution in [-0.4, -0.2) is 15.7 Å². The van der Waals surface area contributed by atoms with Gasteiger partial charge in [-0.05, 0) is 17.7 Å². The van der Waals surface area contributed by atoms with Gasteiger partial charge < -0.3 is 5.32 Å². The molecule has 4 nitrogen and oxygen atoms in total. The monoisotopic (exact) mass is 257 g/mol. The number of para-hydroxylation sites is 1. The topological polar surface area (TPSA) is 46.9 Å². The minimum absolute atomic E-state index is 0.0442. The van der Waals surface area contributed by atoms with Crippen LogP contribution in [0.15, 0.2) is 42.7 Å². The van der Waals surface area contributed by atoms with Crippen LogP contribution >= 0.6 is 0 Å². The van der Waals surface area contributed by atoms with Crippen molar-refractivity contribution >= 4 is 5.91 Å². The lowest BCUT2D eigenvalue weighted by Gasteiger charge is -2.18. The van der Waals surface area contributed by atoms with Crippen LogP contribution in [0, 0.1) is 5.41 Å². The van der Waals surface area contributed by atoms with Crippen LogP contribution in [-0.2, 0) is 11.3 Å². The van der Waals surface area contributed by atoms with Gasteiger partial charge in [0.25, 0.3) is 0 Å². The second-order valence-corrected chi connectivity index (χ2v) is 5.51. The van der Waals surface area contributed by atoms with Crippen LogP contribution in [0.25, 0.3) is 5.69 Å². The molecule has 2 aromatic rings. The first-order valence-corrected chi connectivity index (χ1v) is 6.35. The Morgan fingerprint density at radius 3 is 2.63 bits per heavy atom. The molecule has 0 bridgehead atoms. The first-order chi connectivity index (χ1) is 8.98. The molecule has 1 N–H and O–H groups in total. The maximum Gasteiger partial charge on any atom is 0.225 e.